The van der Waals surface area contributed by atoms with Gasteiger partial charge in [-0.1, -0.05) is 268 Å². The van der Waals surface area contributed by atoms with Crippen molar-refractivity contribution in [1.29, 1.82) is 0 Å². The summed E-state index contributed by atoms with van der Waals surface area (Å²) >= 11 is 0. The molecule has 2 atom stereocenters. The third kappa shape index (κ3) is 11.8. The van der Waals surface area contributed by atoms with Gasteiger partial charge in [0.15, 0.2) is 0 Å². The molecule has 16 aromatic rings. The van der Waals surface area contributed by atoms with Crippen molar-refractivity contribution < 1.29 is 27.0 Å². The van der Waals surface area contributed by atoms with Crippen molar-refractivity contribution in [3.05, 3.63) is 468 Å². The number of para-hydroxylation sites is 2. The fraction of sp³-hybridized carbons (Fsp3) is 0.0196. The van der Waals surface area contributed by atoms with Crippen molar-refractivity contribution in [1.82, 2.24) is 0 Å². The molecule has 18 rings (SSSR count). The minimum Gasteiger partial charge on any atom is -0.457 e. The second-order valence-corrected chi connectivity index (χ2v) is 27.6. The number of hydrogen-bond donors (Lipinski definition) is 0. The van der Waals surface area contributed by atoms with E-state index in [0.29, 0.717) is 45.7 Å². The van der Waals surface area contributed by atoms with E-state index in [1.165, 1.54) is 36.4 Å². The molecule has 0 fully saturated rings. The molecule has 0 saturated heterocycles. The Labute approximate surface area is 636 Å². The zero-order valence-corrected chi connectivity index (χ0v) is 59.6. The fourth-order valence-electron chi connectivity index (χ4n) is 16.5. The molecule has 0 saturated carbocycles. The number of hydrogen-bond acceptors (Lipinski definition) is 4. The number of ether oxygens (including phenoxy) is 2. The molecule has 16 aromatic carbocycles. The first-order valence-electron chi connectivity index (χ1n) is 36.6. The van der Waals surface area contributed by atoms with Gasteiger partial charge in [-0.15, -0.1) is 0 Å². The van der Waals surface area contributed by atoms with E-state index in [2.05, 4.69) is 147 Å². The van der Waals surface area contributed by atoms with E-state index < -0.39 is 34.1 Å². The van der Waals surface area contributed by atoms with Crippen LogP contribution in [0.1, 0.15) is 55.6 Å². The molecule has 4 nitrogen and oxygen atoms in total. The lowest BCUT2D eigenvalue weighted by Gasteiger charge is -2.35. The Morgan fingerprint density at radius 3 is 0.827 bits per heavy atom. The molecule has 0 N–H and O–H groups in total. The monoisotopic (exact) mass is 1430 g/mol. The molecule has 2 aliphatic rings. The van der Waals surface area contributed by atoms with E-state index in [-0.39, 0.29) is 11.4 Å². The molecule has 2 unspecified atom stereocenters. The van der Waals surface area contributed by atoms with Gasteiger partial charge in [0.2, 0.25) is 0 Å². The minimum atomic E-state index is -0.962. The topological polar surface area (TPSA) is 24.9 Å². The number of fused-ring (bicyclic) bond motifs is 6. The summed E-state index contributed by atoms with van der Waals surface area (Å²) in [5.41, 5.74) is 19.1. The van der Waals surface area contributed by atoms with Gasteiger partial charge in [-0.25, -0.2) is 17.6 Å². The first-order valence-corrected chi connectivity index (χ1v) is 36.6. The Hall–Kier alpha value is -14.1. The third-order valence-electron chi connectivity index (χ3n) is 21.6. The normalized spacial score (nSPS) is 14.3. The van der Waals surface area contributed by atoms with Crippen molar-refractivity contribution in [2.24, 2.45) is 0 Å². The van der Waals surface area contributed by atoms with Crippen LogP contribution in [-0.2, 0) is 10.8 Å². The summed E-state index contributed by atoms with van der Waals surface area (Å²) in [5, 5.41) is 0. The predicted octanol–water partition coefficient (Wildman–Crippen LogP) is 27.8. The molecule has 0 aliphatic heterocycles. The number of halogens is 4. The van der Waals surface area contributed by atoms with E-state index in [4.69, 9.17) is 9.47 Å². The van der Waals surface area contributed by atoms with Crippen LogP contribution in [-0.4, -0.2) is 0 Å². The zero-order chi connectivity index (χ0) is 74.5. The van der Waals surface area contributed by atoms with Crippen LogP contribution < -0.4 is 19.3 Å². The molecule has 0 aromatic heterocycles. The van der Waals surface area contributed by atoms with Crippen LogP contribution in [0, 0.1) is 23.3 Å². The molecule has 110 heavy (non-hydrogen) atoms. The van der Waals surface area contributed by atoms with Gasteiger partial charge in [-0.3, -0.25) is 0 Å². The lowest BCUT2D eigenvalue weighted by molar-refractivity contribution is 0.482. The molecule has 0 spiro atoms. The lowest BCUT2D eigenvalue weighted by atomic mass is 9.67. The van der Waals surface area contributed by atoms with Crippen LogP contribution in [0.25, 0.3) is 67.8 Å². The van der Waals surface area contributed by atoms with Crippen molar-refractivity contribution in [3.8, 4) is 78.6 Å². The molecule has 0 bridgehead atoms. The smallest absolute Gasteiger partial charge is 0.150 e. The Kier molecular flexibility index (Phi) is 17.5. The Morgan fingerprint density at radius 1 is 0.236 bits per heavy atom. The van der Waals surface area contributed by atoms with Crippen molar-refractivity contribution >= 4 is 46.3 Å². The number of benzene rings is 16. The molecular formula is C102H68F4N2O2. The van der Waals surface area contributed by atoms with Gasteiger partial charge in [0, 0.05) is 22.7 Å². The molecule has 0 heterocycles. The largest absolute Gasteiger partial charge is 0.457 e. The first-order chi connectivity index (χ1) is 54.0. The minimum absolute atomic E-state index is 0.248. The van der Waals surface area contributed by atoms with Gasteiger partial charge in [0.25, 0.3) is 0 Å². The van der Waals surface area contributed by atoms with Gasteiger partial charge in [0.1, 0.15) is 57.6 Å². The van der Waals surface area contributed by atoms with Gasteiger partial charge in [0.05, 0.1) is 10.8 Å². The molecule has 526 valence electrons. The number of nitrogens with zero attached hydrogens (tertiary/aromatic N) is 2. The summed E-state index contributed by atoms with van der Waals surface area (Å²) in [6, 6.07) is 122. The molecular weight excluding hydrogens is 1360 g/mol. The average Bonchev–Trinajstić information content (AvgIpc) is 1.50. The predicted molar refractivity (Wildman–Crippen MR) is 440 cm³/mol. The van der Waals surface area contributed by atoms with E-state index in [0.717, 1.165) is 111 Å². The van der Waals surface area contributed by atoms with Crippen LogP contribution in [0.2, 0.25) is 0 Å². The maximum atomic E-state index is 17.0. The molecule has 8 heteroatoms. The van der Waals surface area contributed by atoms with Crippen molar-refractivity contribution in [3.63, 3.8) is 0 Å². The summed E-state index contributed by atoms with van der Waals surface area (Å²) in [4.78, 5) is 3.30. The summed E-state index contributed by atoms with van der Waals surface area (Å²) in [5.74, 6) is -0.317. The van der Waals surface area contributed by atoms with E-state index in [1.807, 2.05) is 206 Å². The second kappa shape index (κ2) is 28.3. The maximum absolute atomic E-state index is 17.0. The fourth-order valence-corrected chi connectivity index (χ4v) is 16.5. The van der Waals surface area contributed by atoms with Gasteiger partial charge in [-0.2, -0.15) is 0 Å². The highest BCUT2D eigenvalue weighted by Gasteiger charge is 2.49. The Balaban J connectivity index is 0.739. The van der Waals surface area contributed by atoms with Crippen LogP contribution >= 0.6 is 0 Å². The summed E-state index contributed by atoms with van der Waals surface area (Å²) in [6.45, 7) is 7.82. The summed E-state index contributed by atoms with van der Waals surface area (Å²) in [7, 11) is 0. The van der Waals surface area contributed by atoms with E-state index in [9.17, 15) is 0 Å². The Bertz CT molecular complexity index is 5720. The van der Waals surface area contributed by atoms with Crippen LogP contribution in [0.5, 0.6) is 23.0 Å². The SMILES string of the molecule is C=Cc1ccc(Oc2ccc(C3(c4ccccc4)c4cc(-c5ccccc5)ccc4-c4ccc(N(c5ccc(-c6ccc(N(c7ccc8c(c7)C(c7ccccc7)(c7ccc(Oc9ccc(C=C)cc9)cc7)c7cc(-c9ccccc9)ccc7-8)c7c(F)cccc7F)cc6)cc5)c5c(F)cccc5F)cc43)cc2)cc1. The highest BCUT2D eigenvalue weighted by atomic mass is 19.1. The molecule has 2 aliphatic carbocycles. The van der Waals surface area contributed by atoms with Gasteiger partial charge in [-0.05, 0) is 245 Å². The lowest BCUT2D eigenvalue weighted by Crippen LogP contribution is -2.29. The maximum Gasteiger partial charge on any atom is 0.150 e. The third-order valence-corrected chi connectivity index (χ3v) is 21.6. The summed E-state index contributed by atoms with van der Waals surface area (Å²) in [6.07, 6.45) is 3.59. The number of anilines is 6. The van der Waals surface area contributed by atoms with Crippen molar-refractivity contribution in [2.45, 2.75) is 10.8 Å². The van der Waals surface area contributed by atoms with Crippen molar-refractivity contribution in [2.75, 3.05) is 9.80 Å². The number of rotatable bonds is 19. The first kappa shape index (κ1) is 67.8. The van der Waals surface area contributed by atoms with E-state index >= 15 is 17.6 Å². The highest BCUT2D eigenvalue weighted by molar-refractivity contribution is 5.94. The summed E-state index contributed by atoms with van der Waals surface area (Å²) < 4.78 is 80.7. The highest BCUT2D eigenvalue weighted by Crippen LogP contribution is 2.61. The quantitative estimate of drug-likeness (QED) is 0.0754. The zero-order valence-electron chi connectivity index (χ0n) is 59.6. The van der Waals surface area contributed by atoms with Gasteiger partial charge < -0.3 is 19.3 Å². The van der Waals surface area contributed by atoms with E-state index in [1.54, 1.807) is 22.0 Å². The van der Waals surface area contributed by atoms with Crippen LogP contribution in [0.15, 0.2) is 389 Å². The Morgan fingerprint density at radius 2 is 0.500 bits per heavy atom. The van der Waals surface area contributed by atoms with Crippen LogP contribution in [0.4, 0.5) is 51.7 Å². The van der Waals surface area contributed by atoms with Crippen LogP contribution in [0.3, 0.4) is 0 Å². The van der Waals surface area contributed by atoms with Gasteiger partial charge >= 0.3 is 0 Å². The second-order valence-electron chi connectivity index (χ2n) is 27.6. The molecule has 0 radical (unpaired) electrons. The standard InChI is InChI=1S/C102H68F4N2O2/c1-3-67-31-51-83(52-32-67)109-85-55-41-77(42-56-85)101(75-23-13-7-14-24-75)91-63-73(69-19-9-5-10-20-69)39-59-87(91)89-61-49-81(65-93(89)101)107(99-95(103)27-17-28-96(99)104)79-45-35-71(36-46-79)72-37-47-80(48-38-72)108(100-97(105)29-18-30-98(100)106)82-50-62-90-88-60-40-74(70-21-11-6-12-22-70)64-92(88)102(94(90)66-82,76-25-15-8-16-26-76)78-43-57-86(58-44-78)110-84-53-33-68(4-2)34-54-84/h3-66H,1-2H2. The molecule has 0 amide bonds. The average molecular weight is 1430 g/mol.